The van der Waals surface area contributed by atoms with E-state index in [0.717, 1.165) is 6.07 Å². The van der Waals surface area contributed by atoms with Gasteiger partial charge in [-0.1, -0.05) is 18.2 Å². The van der Waals surface area contributed by atoms with E-state index in [1.54, 1.807) is 30.3 Å². The molecule has 0 radical (unpaired) electrons. The zero-order valence-electron chi connectivity index (χ0n) is 13.6. The van der Waals surface area contributed by atoms with Crippen LogP contribution in [0.15, 0.2) is 47.3 Å². The summed E-state index contributed by atoms with van der Waals surface area (Å²) in [6.07, 6.45) is -1.31. The normalized spacial score (nSPS) is 11.7. The lowest BCUT2D eigenvalue weighted by Gasteiger charge is -2.19. The Morgan fingerprint density at radius 1 is 1.31 bits per heavy atom. The molecule has 7 nitrogen and oxygen atoms in total. The van der Waals surface area contributed by atoms with E-state index in [0.29, 0.717) is 5.69 Å². The summed E-state index contributed by atoms with van der Waals surface area (Å²) >= 11 is 0. The number of amides is 1. The van der Waals surface area contributed by atoms with Gasteiger partial charge in [0.1, 0.15) is 23.2 Å². The highest BCUT2D eigenvalue weighted by molar-refractivity contribution is 5.84. The van der Waals surface area contributed by atoms with E-state index in [4.69, 9.17) is 5.11 Å². The fraction of sp³-hybridized carbons (Fsp3) is 0.111. The average Bonchev–Trinajstić information content (AvgIpc) is 2.62. The molecule has 0 saturated carbocycles. The number of para-hydroxylation sites is 1. The van der Waals surface area contributed by atoms with Crippen molar-refractivity contribution in [2.75, 3.05) is 0 Å². The maximum absolute atomic E-state index is 14.3. The van der Waals surface area contributed by atoms with Gasteiger partial charge < -0.3 is 10.4 Å². The van der Waals surface area contributed by atoms with Crippen molar-refractivity contribution in [1.82, 2.24) is 14.9 Å². The molecule has 0 aliphatic rings. The first-order chi connectivity index (χ1) is 12.4. The Kier molecular flexibility index (Phi) is 4.37. The number of carbonyl (C=O) groups is 1. The number of nitrogens with one attached hydrogen (secondary N) is 1. The van der Waals surface area contributed by atoms with Crippen molar-refractivity contribution in [1.29, 1.82) is 5.26 Å². The van der Waals surface area contributed by atoms with Crippen LogP contribution in [0, 0.1) is 17.1 Å². The summed E-state index contributed by atoms with van der Waals surface area (Å²) < 4.78 is 15.4. The van der Waals surface area contributed by atoms with Crippen LogP contribution < -0.4 is 10.9 Å². The Bertz CT molecular complexity index is 1100. The monoisotopic (exact) mass is 352 g/mol. The number of hydrogen-bond acceptors (Lipinski definition) is 4. The van der Waals surface area contributed by atoms with Crippen LogP contribution in [0.1, 0.15) is 24.4 Å². The molecule has 1 unspecified atom stereocenters. The maximum Gasteiger partial charge on any atom is 0.405 e. The molecule has 0 bridgehead atoms. The Morgan fingerprint density at radius 2 is 2.00 bits per heavy atom. The summed E-state index contributed by atoms with van der Waals surface area (Å²) in [7, 11) is 0. The Labute approximate surface area is 147 Å². The van der Waals surface area contributed by atoms with Crippen LogP contribution in [-0.4, -0.2) is 20.8 Å². The van der Waals surface area contributed by atoms with Crippen molar-refractivity contribution in [2.24, 2.45) is 0 Å². The Morgan fingerprint density at radius 3 is 2.62 bits per heavy atom. The highest BCUT2D eigenvalue weighted by Crippen LogP contribution is 2.22. The molecule has 2 aromatic carbocycles. The molecule has 0 saturated heterocycles. The zero-order valence-corrected chi connectivity index (χ0v) is 13.6. The SMILES string of the molecule is CC(NC(=O)O)c1nc2c(F)ccc(C#N)c2c(=O)n1-c1ccccc1. The van der Waals surface area contributed by atoms with Gasteiger partial charge in [0.05, 0.1) is 22.7 Å². The summed E-state index contributed by atoms with van der Waals surface area (Å²) in [6.45, 7) is 1.49. The molecule has 1 heterocycles. The van der Waals surface area contributed by atoms with E-state index in [9.17, 15) is 19.2 Å². The van der Waals surface area contributed by atoms with Gasteiger partial charge in [0.2, 0.25) is 0 Å². The fourth-order valence-electron chi connectivity index (χ4n) is 2.73. The van der Waals surface area contributed by atoms with Gasteiger partial charge >= 0.3 is 6.09 Å². The van der Waals surface area contributed by atoms with Crippen molar-refractivity contribution >= 4 is 17.0 Å². The number of hydrogen-bond donors (Lipinski definition) is 2. The highest BCUT2D eigenvalue weighted by Gasteiger charge is 2.22. The van der Waals surface area contributed by atoms with Gasteiger partial charge in [-0.25, -0.2) is 14.2 Å². The molecular weight excluding hydrogens is 339 g/mol. The largest absolute Gasteiger partial charge is 0.465 e. The smallest absolute Gasteiger partial charge is 0.405 e. The van der Waals surface area contributed by atoms with Crippen molar-refractivity contribution in [2.45, 2.75) is 13.0 Å². The van der Waals surface area contributed by atoms with E-state index in [1.165, 1.54) is 17.6 Å². The van der Waals surface area contributed by atoms with Crippen LogP contribution in [0.3, 0.4) is 0 Å². The second-order valence-electron chi connectivity index (χ2n) is 5.55. The summed E-state index contributed by atoms with van der Waals surface area (Å²) in [6, 6.07) is 11.7. The summed E-state index contributed by atoms with van der Waals surface area (Å²) in [4.78, 5) is 28.3. The molecular formula is C18H13FN4O3. The number of halogens is 1. The molecule has 130 valence electrons. The molecule has 0 aliphatic heterocycles. The highest BCUT2D eigenvalue weighted by atomic mass is 19.1. The van der Waals surface area contributed by atoms with E-state index in [-0.39, 0.29) is 22.3 Å². The lowest BCUT2D eigenvalue weighted by Crippen LogP contribution is -2.32. The van der Waals surface area contributed by atoms with Crippen LogP contribution in [0.25, 0.3) is 16.6 Å². The predicted octanol–water partition coefficient (Wildman–Crippen LogP) is 2.73. The van der Waals surface area contributed by atoms with Crippen molar-refractivity contribution in [3.63, 3.8) is 0 Å². The third kappa shape index (κ3) is 2.86. The van der Waals surface area contributed by atoms with Crippen molar-refractivity contribution in [3.05, 3.63) is 70.0 Å². The van der Waals surface area contributed by atoms with E-state index in [1.807, 2.05) is 6.07 Å². The van der Waals surface area contributed by atoms with Gasteiger partial charge in [0, 0.05) is 0 Å². The van der Waals surface area contributed by atoms with E-state index < -0.39 is 23.5 Å². The van der Waals surface area contributed by atoms with Gasteiger partial charge in [0.25, 0.3) is 5.56 Å². The van der Waals surface area contributed by atoms with E-state index in [2.05, 4.69) is 10.3 Å². The second-order valence-corrected chi connectivity index (χ2v) is 5.55. The molecule has 0 fully saturated rings. The van der Waals surface area contributed by atoms with Crippen LogP contribution in [0.2, 0.25) is 0 Å². The molecule has 1 atom stereocenters. The minimum Gasteiger partial charge on any atom is -0.465 e. The third-order valence-electron chi connectivity index (χ3n) is 3.86. The third-order valence-corrected chi connectivity index (χ3v) is 3.86. The first kappa shape index (κ1) is 17.1. The van der Waals surface area contributed by atoms with Crippen LogP contribution in [0.4, 0.5) is 9.18 Å². The summed E-state index contributed by atoms with van der Waals surface area (Å²) in [5.74, 6) is -0.745. The number of nitriles is 1. The standard InChI is InChI=1S/C18H13FN4O3/c1-10(21-18(25)26)16-22-15-13(19)8-7-11(9-20)14(15)17(24)23(16)12-5-3-2-4-6-12/h2-8,10,21H,1H3,(H,25,26). The first-order valence-corrected chi connectivity index (χ1v) is 7.64. The molecule has 1 aromatic heterocycles. The molecule has 26 heavy (non-hydrogen) atoms. The van der Waals surface area contributed by atoms with Gasteiger partial charge in [-0.15, -0.1) is 0 Å². The van der Waals surface area contributed by atoms with Gasteiger partial charge in [0.15, 0.2) is 0 Å². The fourth-order valence-corrected chi connectivity index (χ4v) is 2.73. The quantitative estimate of drug-likeness (QED) is 0.753. The minimum atomic E-state index is -1.31. The number of rotatable bonds is 3. The molecule has 0 spiro atoms. The number of aromatic nitrogens is 2. The van der Waals surface area contributed by atoms with Gasteiger partial charge in [-0.2, -0.15) is 5.26 Å². The molecule has 3 rings (SSSR count). The topological polar surface area (TPSA) is 108 Å². The second kappa shape index (κ2) is 6.64. The number of nitrogens with zero attached hydrogens (tertiary/aromatic N) is 3. The Balaban J connectivity index is 2.45. The number of benzene rings is 2. The zero-order chi connectivity index (χ0) is 18.8. The molecule has 8 heteroatoms. The lowest BCUT2D eigenvalue weighted by atomic mass is 10.1. The average molecular weight is 352 g/mol. The van der Waals surface area contributed by atoms with Crippen LogP contribution in [-0.2, 0) is 0 Å². The van der Waals surface area contributed by atoms with Crippen molar-refractivity contribution in [3.8, 4) is 11.8 Å². The van der Waals surface area contributed by atoms with E-state index >= 15 is 0 Å². The minimum absolute atomic E-state index is 0.00558. The number of carboxylic acid groups (broad SMARTS) is 1. The van der Waals surface area contributed by atoms with Crippen molar-refractivity contribution < 1.29 is 14.3 Å². The van der Waals surface area contributed by atoms with Crippen LogP contribution >= 0.6 is 0 Å². The Hall–Kier alpha value is -3.73. The van der Waals surface area contributed by atoms with Crippen LogP contribution in [0.5, 0.6) is 0 Å². The predicted molar refractivity (Wildman–Crippen MR) is 91.6 cm³/mol. The summed E-state index contributed by atoms with van der Waals surface area (Å²) in [5, 5.41) is 20.3. The summed E-state index contributed by atoms with van der Waals surface area (Å²) in [5.41, 5.74) is -0.496. The van der Waals surface area contributed by atoms with Gasteiger partial charge in [-0.05, 0) is 31.2 Å². The maximum atomic E-state index is 14.3. The lowest BCUT2D eigenvalue weighted by molar-refractivity contribution is 0.190. The molecule has 0 aliphatic carbocycles. The van der Waals surface area contributed by atoms with Gasteiger partial charge in [-0.3, -0.25) is 9.36 Å². The number of fused-ring (bicyclic) bond motifs is 1. The first-order valence-electron chi connectivity index (χ1n) is 7.64. The molecule has 2 N–H and O–H groups in total. The molecule has 1 amide bonds. The molecule has 3 aromatic rings.